The highest BCUT2D eigenvalue weighted by molar-refractivity contribution is 9.10. The molecule has 1 rings (SSSR count). The lowest BCUT2D eigenvalue weighted by atomic mass is 10.6. The van der Waals surface area contributed by atoms with E-state index in [2.05, 4.69) is 30.9 Å². The number of aromatic nitrogens is 2. The standard InChI is InChI=1S/C8H11BrN4S/c1-13(2)5-11-7-6(9)4-10-8(12-7)14-3/h4-5H,1-3H3/b11-5+. The summed E-state index contributed by atoms with van der Waals surface area (Å²) in [6.45, 7) is 0. The van der Waals surface area contributed by atoms with Crippen LogP contribution in [0, 0.1) is 0 Å². The number of hydrogen-bond donors (Lipinski definition) is 0. The first-order valence-corrected chi connectivity index (χ1v) is 5.92. The summed E-state index contributed by atoms with van der Waals surface area (Å²) in [6.07, 6.45) is 5.35. The van der Waals surface area contributed by atoms with E-state index in [4.69, 9.17) is 0 Å². The van der Waals surface area contributed by atoms with Gasteiger partial charge in [0.15, 0.2) is 11.0 Å². The quantitative estimate of drug-likeness (QED) is 0.367. The van der Waals surface area contributed by atoms with E-state index in [1.165, 1.54) is 11.8 Å². The molecule has 0 aromatic carbocycles. The molecule has 1 heterocycles. The van der Waals surface area contributed by atoms with Crippen molar-refractivity contribution in [1.82, 2.24) is 14.9 Å². The van der Waals surface area contributed by atoms with Crippen LogP contribution in [-0.4, -0.2) is 41.6 Å². The van der Waals surface area contributed by atoms with Crippen LogP contribution in [0.15, 0.2) is 20.8 Å². The molecule has 4 nitrogen and oxygen atoms in total. The Morgan fingerprint density at radius 3 is 2.86 bits per heavy atom. The Labute approximate surface area is 96.0 Å². The number of nitrogens with zero attached hydrogens (tertiary/aromatic N) is 4. The molecule has 1 aromatic rings. The summed E-state index contributed by atoms with van der Waals surface area (Å²) in [6, 6.07) is 0. The fourth-order valence-corrected chi connectivity index (χ4v) is 1.33. The lowest BCUT2D eigenvalue weighted by Gasteiger charge is -2.03. The minimum absolute atomic E-state index is 0.651. The van der Waals surface area contributed by atoms with Gasteiger partial charge in [-0.3, -0.25) is 0 Å². The summed E-state index contributed by atoms with van der Waals surface area (Å²) < 4.78 is 0.799. The molecule has 0 atom stereocenters. The van der Waals surface area contributed by atoms with Crippen molar-refractivity contribution in [3.8, 4) is 0 Å². The number of aliphatic imine (C=N–C) groups is 1. The molecule has 1 aromatic heterocycles. The largest absolute Gasteiger partial charge is 0.369 e. The van der Waals surface area contributed by atoms with Gasteiger partial charge in [-0.15, -0.1) is 0 Å². The molecule has 0 radical (unpaired) electrons. The molecule has 76 valence electrons. The molecule has 0 aliphatic carbocycles. The van der Waals surface area contributed by atoms with Crippen LogP contribution in [0.2, 0.25) is 0 Å². The molecular weight excluding hydrogens is 264 g/mol. The second-order valence-electron chi connectivity index (χ2n) is 2.74. The molecule has 0 bridgehead atoms. The summed E-state index contributed by atoms with van der Waals surface area (Å²) in [5.41, 5.74) is 0. The summed E-state index contributed by atoms with van der Waals surface area (Å²) in [5.74, 6) is 0.651. The normalized spacial score (nSPS) is 10.9. The van der Waals surface area contributed by atoms with Crippen LogP contribution in [0.1, 0.15) is 0 Å². The molecule has 0 fully saturated rings. The average molecular weight is 275 g/mol. The fraction of sp³-hybridized carbons (Fsp3) is 0.375. The minimum Gasteiger partial charge on any atom is -0.369 e. The number of hydrogen-bond acceptors (Lipinski definition) is 4. The molecule has 0 spiro atoms. The monoisotopic (exact) mass is 274 g/mol. The molecule has 0 N–H and O–H groups in total. The van der Waals surface area contributed by atoms with Crippen molar-refractivity contribution in [3.05, 3.63) is 10.7 Å². The van der Waals surface area contributed by atoms with E-state index in [0.717, 1.165) is 9.63 Å². The highest BCUT2D eigenvalue weighted by Gasteiger charge is 2.01. The lowest BCUT2D eigenvalue weighted by molar-refractivity contribution is 0.642. The van der Waals surface area contributed by atoms with E-state index in [9.17, 15) is 0 Å². The van der Waals surface area contributed by atoms with Gasteiger partial charge in [-0.1, -0.05) is 11.8 Å². The minimum atomic E-state index is 0.651. The molecule has 14 heavy (non-hydrogen) atoms. The van der Waals surface area contributed by atoms with Gasteiger partial charge >= 0.3 is 0 Å². The third-order valence-corrected chi connectivity index (χ3v) is 2.42. The van der Waals surface area contributed by atoms with Crippen molar-refractivity contribution in [2.75, 3.05) is 20.4 Å². The SMILES string of the molecule is CSc1ncc(Br)c(/N=C/N(C)C)n1. The smallest absolute Gasteiger partial charge is 0.189 e. The van der Waals surface area contributed by atoms with Crippen LogP contribution >= 0.6 is 27.7 Å². The average Bonchev–Trinajstić information content (AvgIpc) is 2.16. The van der Waals surface area contributed by atoms with E-state index in [1.54, 1.807) is 12.5 Å². The summed E-state index contributed by atoms with van der Waals surface area (Å²) >= 11 is 4.84. The first-order valence-electron chi connectivity index (χ1n) is 3.90. The Hall–Kier alpha value is -0.620. The molecule has 6 heteroatoms. The molecule has 0 unspecified atom stereocenters. The number of rotatable bonds is 3. The zero-order valence-electron chi connectivity index (χ0n) is 8.23. The van der Waals surface area contributed by atoms with E-state index in [0.29, 0.717) is 5.82 Å². The maximum Gasteiger partial charge on any atom is 0.189 e. The van der Waals surface area contributed by atoms with Crippen LogP contribution < -0.4 is 0 Å². The predicted molar refractivity (Wildman–Crippen MR) is 63.4 cm³/mol. The van der Waals surface area contributed by atoms with Gasteiger partial charge in [0, 0.05) is 20.3 Å². The molecule has 0 saturated carbocycles. The van der Waals surface area contributed by atoms with Gasteiger partial charge in [-0.05, 0) is 22.2 Å². The van der Waals surface area contributed by atoms with Gasteiger partial charge < -0.3 is 4.90 Å². The number of thioether (sulfide) groups is 1. The van der Waals surface area contributed by atoms with Gasteiger partial charge in [-0.2, -0.15) is 0 Å². The van der Waals surface area contributed by atoms with Crippen LogP contribution in [0.4, 0.5) is 5.82 Å². The van der Waals surface area contributed by atoms with Crippen molar-refractivity contribution in [2.24, 2.45) is 4.99 Å². The van der Waals surface area contributed by atoms with Crippen molar-refractivity contribution in [2.45, 2.75) is 5.16 Å². The molecule has 0 aliphatic rings. The van der Waals surface area contributed by atoms with Gasteiger partial charge in [0.1, 0.15) is 0 Å². The fourth-order valence-electron chi connectivity index (χ4n) is 0.702. The van der Waals surface area contributed by atoms with Crippen LogP contribution in [-0.2, 0) is 0 Å². The van der Waals surface area contributed by atoms with Crippen molar-refractivity contribution in [1.29, 1.82) is 0 Å². The second kappa shape index (κ2) is 5.31. The Morgan fingerprint density at radius 2 is 2.29 bits per heavy atom. The van der Waals surface area contributed by atoms with Gasteiger partial charge in [0.2, 0.25) is 0 Å². The predicted octanol–water partition coefficient (Wildman–Crippen LogP) is 2.18. The summed E-state index contributed by atoms with van der Waals surface area (Å²) in [4.78, 5) is 14.4. The van der Waals surface area contributed by atoms with E-state index in [-0.39, 0.29) is 0 Å². The number of halogens is 1. The zero-order valence-corrected chi connectivity index (χ0v) is 10.6. The lowest BCUT2D eigenvalue weighted by Crippen LogP contribution is -2.07. The Bertz CT molecular complexity index is 340. The van der Waals surface area contributed by atoms with Crippen molar-refractivity contribution in [3.63, 3.8) is 0 Å². The third kappa shape index (κ3) is 3.26. The summed E-state index contributed by atoms with van der Waals surface area (Å²) in [7, 11) is 3.82. The van der Waals surface area contributed by atoms with Crippen LogP contribution in [0.3, 0.4) is 0 Å². The Kier molecular flexibility index (Phi) is 4.34. The van der Waals surface area contributed by atoms with E-state index >= 15 is 0 Å². The second-order valence-corrected chi connectivity index (χ2v) is 4.36. The maximum absolute atomic E-state index is 4.24. The van der Waals surface area contributed by atoms with Crippen LogP contribution in [0.25, 0.3) is 0 Å². The van der Waals surface area contributed by atoms with E-state index in [1.807, 2.05) is 25.3 Å². The first-order chi connectivity index (χ1) is 6.63. The Balaban J connectivity index is 2.94. The van der Waals surface area contributed by atoms with Crippen molar-refractivity contribution < 1.29 is 0 Å². The topological polar surface area (TPSA) is 41.4 Å². The van der Waals surface area contributed by atoms with Gasteiger partial charge in [0.25, 0.3) is 0 Å². The third-order valence-electron chi connectivity index (χ3n) is 1.30. The molecule has 0 amide bonds. The van der Waals surface area contributed by atoms with Gasteiger partial charge in [0.05, 0.1) is 10.8 Å². The maximum atomic E-state index is 4.24. The summed E-state index contributed by atoms with van der Waals surface area (Å²) in [5, 5.41) is 0.721. The van der Waals surface area contributed by atoms with Crippen LogP contribution in [0.5, 0.6) is 0 Å². The molecule has 0 saturated heterocycles. The van der Waals surface area contributed by atoms with Crippen molar-refractivity contribution >= 4 is 39.8 Å². The zero-order chi connectivity index (χ0) is 10.6. The Morgan fingerprint density at radius 1 is 1.57 bits per heavy atom. The molecular formula is C8H11BrN4S. The highest BCUT2D eigenvalue weighted by atomic mass is 79.9. The van der Waals surface area contributed by atoms with Gasteiger partial charge in [-0.25, -0.2) is 15.0 Å². The van der Waals surface area contributed by atoms with E-state index < -0.39 is 0 Å². The first kappa shape index (κ1) is 11.5. The molecule has 0 aliphatic heterocycles. The highest BCUT2D eigenvalue weighted by Crippen LogP contribution is 2.23.